The number of hydrogen-bond donors (Lipinski definition) is 1. The van der Waals surface area contributed by atoms with E-state index >= 15 is 0 Å². The molecule has 0 unspecified atom stereocenters. The van der Waals surface area contributed by atoms with Crippen molar-refractivity contribution in [1.82, 2.24) is 9.88 Å². The fourth-order valence-electron chi connectivity index (χ4n) is 4.18. The number of aromatic amines is 1. The maximum absolute atomic E-state index is 13.4. The Kier molecular flexibility index (Phi) is 3.32. The minimum absolute atomic E-state index is 0.293. The first-order valence-electron chi connectivity index (χ1n) is 8.81. The number of nitrogens with zero attached hydrogens (tertiary/aromatic N) is 1. The summed E-state index contributed by atoms with van der Waals surface area (Å²) in [6.45, 7) is 1.52. The third kappa shape index (κ3) is 2.35. The third-order valence-corrected chi connectivity index (χ3v) is 6.20. The summed E-state index contributed by atoms with van der Waals surface area (Å²) in [7, 11) is 0. The number of carbonyl (C=O) groups excluding carboxylic acids is 1. The number of benzene rings is 2. The van der Waals surface area contributed by atoms with Gasteiger partial charge in [-0.25, -0.2) is 0 Å². The Labute approximate surface area is 155 Å². The molecule has 1 aromatic heterocycles. The highest BCUT2D eigenvalue weighted by molar-refractivity contribution is 9.10. The van der Waals surface area contributed by atoms with E-state index in [-0.39, 0.29) is 5.41 Å². The van der Waals surface area contributed by atoms with Crippen LogP contribution in [0.3, 0.4) is 0 Å². The number of H-pyrrole nitrogens is 1. The first kappa shape index (κ1) is 15.2. The van der Waals surface area contributed by atoms with Crippen LogP contribution < -0.4 is 0 Å². The molecule has 1 N–H and O–H groups in total. The number of amides is 1. The Morgan fingerprint density at radius 2 is 1.96 bits per heavy atom. The number of rotatable bonds is 2. The number of carbonyl (C=O) groups is 1. The van der Waals surface area contributed by atoms with Crippen LogP contribution in [-0.2, 0) is 23.2 Å². The van der Waals surface area contributed by atoms with Crippen molar-refractivity contribution in [2.24, 2.45) is 0 Å². The van der Waals surface area contributed by atoms with Gasteiger partial charge in [0, 0.05) is 46.1 Å². The molecule has 3 aromatic rings. The number of halogens is 1. The van der Waals surface area contributed by atoms with E-state index < -0.39 is 0 Å². The predicted octanol–water partition coefficient (Wildman–Crippen LogP) is 4.55. The molecule has 0 bridgehead atoms. The Morgan fingerprint density at radius 3 is 2.76 bits per heavy atom. The lowest BCUT2D eigenvalue weighted by Gasteiger charge is -2.31. The van der Waals surface area contributed by atoms with Gasteiger partial charge in [0.2, 0.25) is 5.91 Å². The molecule has 0 spiro atoms. The minimum atomic E-state index is -0.298. The Balaban J connectivity index is 1.48. The summed E-state index contributed by atoms with van der Waals surface area (Å²) in [6, 6.07) is 16.6. The van der Waals surface area contributed by atoms with E-state index in [1.807, 2.05) is 12.1 Å². The highest BCUT2D eigenvalue weighted by atomic mass is 79.9. The van der Waals surface area contributed by atoms with Crippen LogP contribution in [0.4, 0.5) is 0 Å². The van der Waals surface area contributed by atoms with E-state index in [2.05, 4.69) is 62.2 Å². The van der Waals surface area contributed by atoms with Gasteiger partial charge in [-0.2, -0.15) is 0 Å². The van der Waals surface area contributed by atoms with Gasteiger partial charge in [0.25, 0.3) is 0 Å². The molecule has 4 heteroatoms. The molecule has 1 aliphatic heterocycles. The number of para-hydroxylation sites is 1. The van der Waals surface area contributed by atoms with Crippen molar-refractivity contribution in [2.75, 3.05) is 6.54 Å². The van der Waals surface area contributed by atoms with Crippen LogP contribution in [0.15, 0.2) is 53.0 Å². The van der Waals surface area contributed by atoms with Gasteiger partial charge in [0.1, 0.15) is 0 Å². The van der Waals surface area contributed by atoms with Crippen LogP contribution in [0.2, 0.25) is 0 Å². The monoisotopic (exact) mass is 394 g/mol. The molecule has 2 heterocycles. The number of hydrogen-bond acceptors (Lipinski definition) is 1. The molecule has 3 nitrogen and oxygen atoms in total. The number of fused-ring (bicyclic) bond motifs is 3. The van der Waals surface area contributed by atoms with Crippen LogP contribution in [-0.4, -0.2) is 22.3 Å². The maximum Gasteiger partial charge on any atom is 0.233 e. The van der Waals surface area contributed by atoms with Gasteiger partial charge in [0.15, 0.2) is 0 Å². The first-order valence-corrected chi connectivity index (χ1v) is 9.61. The number of aromatic nitrogens is 1. The molecule has 1 saturated carbocycles. The standard InChI is InChI=1S/C21H19BrN2O/c22-15-5-3-4-14(12-15)21(9-10-21)20(25)24-11-8-19-17(13-24)16-6-1-2-7-18(16)23-19/h1-7,12,23H,8-11,13H2. The van der Waals surface area contributed by atoms with Crippen LogP contribution in [0.25, 0.3) is 10.9 Å². The Bertz CT molecular complexity index is 986. The first-order chi connectivity index (χ1) is 12.2. The smallest absolute Gasteiger partial charge is 0.233 e. The van der Waals surface area contributed by atoms with Crippen molar-refractivity contribution in [1.29, 1.82) is 0 Å². The lowest BCUT2D eigenvalue weighted by Crippen LogP contribution is -2.42. The van der Waals surface area contributed by atoms with E-state index in [0.717, 1.165) is 35.8 Å². The summed E-state index contributed by atoms with van der Waals surface area (Å²) >= 11 is 3.54. The van der Waals surface area contributed by atoms with Gasteiger partial charge in [-0.3, -0.25) is 4.79 Å². The van der Waals surface area contributed by atoms with Gasteiger partial charge in [-0.1, -0.05) is 46.3 Å². The van der Waals surface area contributed by atoms with Crippen molar-refractivity contribution in [2.45, 2.75) is 31.2 Å². The van der Waals surface area contributed by atoms with Crippen molar-refractivity contribution in [3.05, 3.63) is 69.8 Å². The number of nitrogens with one attached hydrogen (secondary N) is 1. The maximum atomic E-state index is 13.4. The predicted molar refractivity (Wildman–Crippen MR) is 102 cm³/mol. The molecular weight excluding hydrogens is 376 g/mol. The lowest BCUT2D eigenvalue weighted by atomic mass is 9.93. The van der Waals surface area contributed by atoms with Gasteiger partial charge >= 0.3 is 0 Å². The zero-order chi connectivity index (χ0) is 17.0. The summed E-state index contributed by atoms with van der Waals surface area (Å²) in [6.07, 6.45) is 2.82. The van der Waals surface area contributed by atoms with E-state index in [0.29, 0.717) is 12.5 Å². The molecule has 1 aliphatic carbocycles. The van der Waals surface area contributed by atoms with Crippen molar-refractivity contribution in [3.63, 3.8) is 0 Å². The molecule has 2 aromatic carbocycles. The van der Waals surface area contributed by atoms with E-state index in [1.165, 1.54) is 22.2 Å². The topological polar surface area (TPSA) is 36.1 Å². The van der Waals surface area contributed by atoms with Crippen molar-refractivity contribution in [3.8, 4) is 0 Å². The highest BCUT2D eigenvalue weighted by Crippen LogP contribution is 2.50. The zero-order valence-corrected chi connectivity index (χ0v) is 15.5. The molecule has 0 radical (unpaired) electrons. The average molecular weight is 395 g/mol. The quantitative estimate of drug-likeness (QED) is 0.679. The zero-order valence-electron chi connectivity index (χ0n) is 13.9. The van der Waals surface area contributed by atoms with Gasteiger partial charge < -0.3 is 9.88 Å². The molecule has 1 fully saturated rings. The van der Waals surface area contributed by atoms with E-state index in [9.17, 15) is 4.79 Å². The summed E-state index contributed by atoms with van der Waals surface area (Å²) in [5.41, 5.74) is 4.61. The highest BCUT2D eigenvalue weighted by Gasteiger charge is 2.53. The van der Waals surface area contributed by atoms with Crippen LogP contribution in [0.1, 0.15) is 29.7 Å². The summed E-state index contributed by atoms with van der Waals surface area (Å²) in [5.74, 6) is 0.293. The fraction of sp³-hybridized carbons (Fsp3) is 0.286. The molecule has 0 atom stereocenters. The Morgan fingerprint density at radius 1 is 1.12 bits per heavy atom. The molecular formula is C21H19BrN2O. The molecule has 5 rings (SSSR count). The molecule has 2 aliphatic rings. The minimum Gasteiger partial charge on any atom is -0.358 e. The van der Waals surface area contributed by atoms with Crippen LogP contribution >= 0.6 is 15.9 Å². The second-order valence-electron chi connectivity index (χ2n) is 7.20. The largest absolute Gasteiger partial charge is 0.358 e. The average Bonchev–Trinajstić information content (AvgIpc) is 3.36. The molecule has 25 heavy (non-hydrogen) atoms. The summed E-state index contributed by atoms with van der Waals surface area (Å²) < 4.78 is 1.04. The molecule has 126 valence electrons. The SMILES string of the molecule is O=C(N1CCc2[nH]c3ccccc3c2C1)C1(c2cccc(Br)c2)CC1. The second kappa shape index (κ2) is 5.46. The van der Waals surface area contributed by atoms with Gasteiger partial charge in [-0.05, 0) is 36.6 Å². The molecule has 1 amide bonds. The van der Waals surface area contributed by atoms with Gasteiger partial charge in [-0.15, -0.1) is 0 Å². The van der Waals surface area contributed by atoms with Gasteiger partial charge in [0.05, 0.1) is 5.41 Å². The second-order valence-corrected chi connectivity index (χ2v) is 8.11. The normalized spacial score (nSPS) is 18.2. The van der Waals surface area contributed by atoms with Crippen LogP contribution in [0, 0.1) is 0 Å². The summed E-state index contributed by atoms with van der Waals surface area (Å²) in [4.78, 5) is 19.0. The van der Waals surface area contributed by atoms with Crippen molar-refractivity contribution >= 4 is 32.7 Å². The third-order valence-electron chi connectivity index (χ3n) is 5.71. The fourth-order valence-corrected chi connectivity index (χ4v) is 4.58. The van der Waals surface area contributed by atoms with E-state index in [1.54, 1.807) is 0 Å². The van der Waals surface area contributed by atoms with Crippen molar-refractivity contribution < 1.29 is 4.79 Å². The molecule has 0 saturated heterocycles. The lowest BCUT2D eigenvalue weighted by molar-refractivity contribution is -0.134. The van der Waals surface area contributed by atoms with Crippen LogP contribution in [0.5, 0.6) is 0 Å². The van der Waals surface area contributed by atoms with E-state index in [4.69, 9.17) is 0 Å². The summed E-state index contributed by atoms with van der Waals surface area (Å²) in [5, 5.41) is 1.25. The Hall–Kier alpha value is -2.07.